The van der Waals surface area contributed by atoms with Crippen LogP contribution >= 0.6 is 0 Å². The fourth-order valence-corrected chi connectivity index (χ4v) is 1.78. The first-order chi connectivity index (χ1) is 10.6. The second-order valence-electron chi connectivity index (χ2n) is 4.79. The van der Waals surface area contributed by atoms with E-state index in [9.17, 15) is 9.59 Å². The van der Waals surface area contributed by atoms with Crippen LogP contribution in [0.15, 0.2) is 42.6 Å². The van der Waals surface area contributed by atoms with E-state index < -0.39 is 11.9 Å². The fraction of sp³-hybridized carbons (Fsp3) is 0.235. The van der Waals surface area contributed by atoms with Gasteiger partial charge >= 0.3 is 11.9 Å². The Balaban J connectivity index is 1.78. The number of aromatic nitrogens is 1. The van der Waals surface area contributed by atoms with Gasteiger partial charge in [-0.25, -0.2) is 14.6 Å². The molecule has 2 aromatic rings. The number of ether oxygens (including phenoxy) is 2. The zero-order valence-corrected chi connectivity index (χ0v) is 12.5. The van der Waals surface area contributed by atoms with Crippen molar-refractivity contribution in [2.24, 2.45) is 0 Å². The van der Waals surface area contributed by atoms with Crippen molar-refractivity contribution in [3.05, 3.63) is 65.0 Å². The first-order valence-corrected chi connectivity index (χ1v) is 6.90. The third-order valence-electron chi connectivity index (χ3n) is 3.17. The molecule has 0 atom stereocenters. The van der Waals surface area contributed by atoms with Crippen LogP contribution in [0, 0.1) is 13.8 Å². The Morgan fingerprint density at radius 3 is 2.32 bits per heavy atom. The molecule has 0 unspecified atom stereocenters. The van der Waals surface area contributed by atoms with Gasteiger partial charge in [0.1, 0.15) is 18.9 Å². The number of hydrogen-bond acceptors (Lipinski definition) is 5. The minimum Gasteiger partial charge on any atom is -0.458 e. The SMILES string of the molecule is Cc1ccc(C(=O)OCCOC(=O)c2ccccn2)cc1C. The lowest BCUT2D eigenvalue weighted by molar-refractivity contribution is 0.0262. The van der Waals surface area contributed by atoms with Crippen molar-refractivity contribution in [2.75, 3.05) is 13.2 Å². The molecule has 5 nitrogen and oxygen atoms in total. The topological polar surface area (TPSA) is 65.5 Å². The van der Waals surface area contributed by atoms with Crippen molar-refractivity contribution in [1.82, 2.24) is 4.98 Å². The molecule has 0 bridgehead atoms. The van der Waals surface area contributed by atoms with Gasteiger partial charge in [0.25, 0.3) is 0 Å². The highest BCUT2D eigenvalue weighted by atomic mass is 16.6. The molecule has 0 N–H and O–H groups in total. The van der Waals surface area contributed by atoms with Crippen LogP contribution in [0.3, 0.4) is 0 Å². The number of pyridine rings is 1. The van der Waals surface area contributed by atoms with E-state index in [2.05, 4.69) is 4.98 Å². The predicted molar refractivity (Wildman–Crippen MR) is 80.7 cm³/mol. The first-order valence-electron chi connectivity index (χ1n) is 6.90. The lowest BCUT2D eigenvalue weighted by Crippen LogP contribution is -2.15. The summed E-state index contributed by atoms with van der Waals surface area (Å²) in [6.45, 7) is 3.90. The summed E-state index contributed by atoms with van der Waals surface area (Å²) in [5.74, 6) is -0.972. The van der Waals surface area contributed by atoms with E-state index in [0.29, 0.717) is 5.56 Å². The molecule has 0 saturated heterocycles. The van der Waals surface area contributed by atoms with Crippen LogP contribution in [0.4, 0.5) is 0 Å². The van der Waals surface area contributed by atoms with Crippen LogP contribution in [0.25, 0.3) is 0 Å². The number of aryl methyl sites for hydroxylation is 2. The number of rotatable bonds is 5. The largest absolute Gasteiger partial charge is 0.458 e. The summed E-state index contributed by atoms with van der Waals surface area (Å²) in [5, 5.41) is 0. The molecule has 0 amide bonds. The first kappa shape index (κ1) is 15.7. The molecule has 0 aliphatic carbocycles. The Bertz CT molecular complexity index is 668. The van der Waals surface area contributed by atoms with E-state index in [1.807, 2.05) is 19.9 Å². The smallest absolute Gasteiger partial charge is 0.357 e. The van der Waals surface area contributed by atoms with E-state index in [1.165, 1.54) is 6.20 Å². The monoisotopic (exact) mass is 299 g/mol. The van der Waals surface area contributed by atoms with Crippen molar-refractivity contribution in [2.45, 2.75) is 13.8 Å². The minimum atomic E-state index is -0.539. The van der Waals surface area contributed by atoms with Crippen LogP contribution in [-0.2, 0) is 9.47 Å². The van der Waals surface area contributed by atoms with Crippen molar-refractivity contribution >= 4 is 11.9 Å². The third kappa shape index (κ3) is 4.15. The number of carbonyl (C=O) groups excluding carboxylic acids is 2. The summed E-state index contributed by atoms with van der Waals surface area (Å²) in [6.07, 6.45) is 1.51. The predicted octanol–water partition coefficient (Wildman–Crippen LogP) is 2.71. The number of benzene rings is 1. The van der Waals surface area contributed by atoms with Gasteiger partial charge in [-0.15, -0.1) is 0 Å². The van der Waals surface area contributed by atoms with Gasteiger partial charge in [-0.3, -0.25) is 0 Å². The Kier molecular flexibility index (Phi) is 5.25. The minimum absolute atomic E-state index is 0.00430. The molecule has 0 spiro atoms. The quantitative estimate of drug-likeness (QED) is 0.627. The molecule has 1 aromatic carbocycles. The molecule has 1 heterocycles. The summed E-state index contributed by atoms with van der Waals surface area (Å²) >= 11 is 0. The maximum Gasteiger partial charge on any atom is 0.357 e. The molecule has 114 valence electrons. The van der Waals surface area contributed by atoms with Crippen LogP contribution in [0.2, 0.25) is 0 Å². The molecular weight excluding hydrogens is 282 g/mol. The van der Waals surface area contributed by atoms with Gasteiger partial charge in [0.15, 0.2) is 0 Å². The molecule has 0 radical (unpaired) electrons. The number of esters is 2. The number of carbonyl (C=O) groups is 2. The zero-order chi connectivity index (χ0) is 15.9. The van der Waals surface area contributed by atoms with Gasteiger partial charge in [0.05, 0.1) is 5.56 Å². The maximum absolute atomic E-state index is 11.8. The molecule has 22 heavy (non-hydrogen) atoms. The average Bonchev–Trinajstić information content (AvgIpc) is 2.54. The summed E-state index contributed by atoms with van der Waals surface area (Å²) in [6, 6.07) is 10.3. The van der Waals surface area contributed by atoms with E-state index in [-0.39, 0.29) is 18.9 Å². The second kappa shape index (κ2) is 7.36. The fourth-order valence-electron chi connectivity index (χ4n) is 1.78. The lowest BCUT2D eigenvalue weighted by Gasteiger charge is -2.07. The Labute approximate surface area is 128 Å². The van der Waals surface area contributed by atoms with Gasteiger partial charge in [0, 0.05) is 6.20 Å². The van der Waals surface area contributed by atoms with Gasteiger partial charge in [-0.2, -0.15) is 0 Å². The number of nitrogens with zero attached hydrogens (tertiary/aromatic N) is 1. The van der Waals surface area contributed by atoms with E-state index >= 15 is 0 Å². The molecule has 0 aliphatic heterocycles. The molecular formula is C17H17NO4. The molecule has 0 saturated carbocycles. The highest BCUT2D eigenvalue weighted by Crippen LogP contribution is 2.10. The van der Waals surface area contributed by atoms with Crippen LogP contribution in [-0.4, -0.2) is 30.1 Å². The Hall–Kier alpha value is -2.69. The summed E-state index contributed by atoms with van der Waals surface area (Å²) in [7, 11) is 0. The second-order valence-corrected chi connectivity index (χ2v) is 4.79. The van der Waals surface area contributed by atoms with Crippen LogP contribution in [0.5, 0.6) is 0 Å². The molecule has 0 fully saturated rings. The van der Waals surface area contributed by atoms with Crippen molar-refractivity contribution in [3.8, 4) is 0 Å². The lowest BCUT2D eigenvalue weighted by atomic mass is 10.1. The molecule has 1 aromatic heterocycles. The Morgan fingerprint density at radius 1 is 0.955 bits per heavy atom. The highest BCUT2D eigenvalue weighted by molar-refractivity contribution is 5.89. The molecule has 5 heteroatoms. The summed E-state index contributed by atoms with van der Waals surface area (Å²) in [4.78, 5) is 27.3. The normalized spacial score (nSPS) is 10.1. The Morgan fingerprint density at radius 2 is 1.68 bits per heavy atom. The van der Waals surface area contributed by atoms with Crippen molar-refractivity contribution < 1.29 is 19.1 Å². The van der Waals surface area contributed by atoms with Crippen LogP contribution < -0.4 is 0 Å². The molecule has 0 aliphatic rings. The van der Waals surface area contributed by atoms with Gasteiger partial charge in [-0.05, 0) is 49.2 Å². The number of hydrogen-bond donors (Lipinski definition) is 0. The van der Waals surface area contributed by atoms with Crippen molar-refractivity contribution in [1.29, 1.82) is 0 Å². The summed E-state index contributed by atoms with van der Waals surface area (Å²) < 4.78 is 10.1. The standard InChI is InChI=1S/C17H17NO4/c1-12-6-7-14(11-13(12)2)16(19)21-9-10-22-17(20)15-5-3-4-8-18-15/h3-8,11H,9-10H2,1-2H3. The maximum atomic E-state index is 11.8. The van der Waals surface area contributed by atoms with Crippen LogP contribution in [0.1, 0.15) is 32.0 Å². The van der Waals surface area contributed by atoms with E-state index in [4.69, 9.17) is 9.47 Å². The third-order valence-corrected chi connectivity index (χ3v) is 3.17. The molecule has 2 rings (SSSR count). The van der Waals surface area contributed by atoms with Crippen molar-refractivity contribution in [3.63, 3.8) is 0 Å². The van der Waals surface area contributed by atoms with Gasteiger partial charge in [-0.1, -0.05) is 12.1 Å². The summed E-state index contributed by atoms with van der Waals surface area (Å²) in [5.41, 5.74) is 2.85. The van der Waals surface area contributed by atoms with E-state index in [0.717, 1.165) is 11.1 Å². The zero-order valence-electron chi connectivity index (χ0n) is 12.5. The van der Waals surface area contributed by atoms with Gasteiger partial charge < -0.3 is 9.47 Å². The van der Waals surface area contributed by atoms with E-state index in [1.54, 1.807) is 30.3 Å². The average molecular weight is 299 g/mol. The van der Waals surface area contributed by atoms with Gasteiger partial charge in [0.2, 0.25) is 0 Å². The highest BCUT2D eigenvalue weighted by Gasteiger charge is 2.10.